The quantitative estimate of drug-likeness (QED) is 0.613. The molecule has 0 amide bonds. The van der Waals surface area contributed by atoms with E-state index >= 15 is 0 Å². The standard InChI is InChI=1S/C11H12F2N2O4/c1-2-6(11(16)17)5-14-10-8(12)3-7(15(18)19)4-9(10)13/h3-4,6,14H,2,5H2,1H3,(H,16,17). The Hall–Kier alpha value is -2.25. The number of anilines is 1. The van der Waals surface area contributed by atoms with Crippen molar-refractivity contribution in [2.75, 3.05) is 11.9 Å². The van der Waals surface area contributed by atoms with Crippen LogP contribution in [0.25, 0.3) is 0 Å². The zero-order valence-corrected chi connectivity index (χ0v) is 10.0. The van der Waals surface area contributed by atoms with Gasteiger partial charge in [0.2, 0.25) is 0 Å². The number of aliphatic carboxylic acids is 1. The average Bonchev–Trinajstić information content (AvgIpc) is 2.31. The van der Waals surface area contributed by atoms with Gasteiger partial charge in [0.05, 0.1) is 23.0 Å². The minimum Gasteiger partial charge on any atom is -0.481 e. The predicted octanol–water partition coefficient (Wildman–Crippen LogP) is 2.40. The van der Waals surface area contributed by atoms with Gasteiger partial charge in [-0.1, -0.05) is 6.92 Å². The van der Waals surface area contributed by atoms with E-state index in [0.29, 0.717) is 18.6 Å². The summed E-state index contributed by atoms with van der Waals surface area (Å²) in [4.78, 5) is 20.2. The molecule has 6 nitrogen and oxygen atoms in total. The van der Waals surface area contributed by atoms with E-state index in [1.165, 1.54) is 0 Å². The van der Waals surface area contributed by atoms with Gasteiger partial charge in [0.25, 0.3) is 5.69 Å². The third kappa shape index (κ3) is 3.60. The Morgan fingerprint density at radius 1 is 1.47 bits per heavy atom. The summed E-state index contributed by atoms with van der Waals surface area (Å²) in [7, 11) is 0. The molecule has 19 heavy (non-hydrogen) atoms. The summed E-state index contributed by atoms with van der Waals surface area (Å²) in [5.74, 6) is -4.15. The van der Waals surface area contributed by atoms with Crippen LogP contribution in [0.1, 0.15) is 13.3 Å². The number of nitro benzene ring substituents is 1. The molecule has 0 saturated heterocycles. The molecule has 0 aliphatic rings. The normalized spacial score (nSPS) is 11.9. The van der Waals surface area contributed by atoms with Crippen LogP contribution < -0.4 is 5.32 Å². The maximum absolute atomic E-state index is 13.5. The van der Waals surface area contributed by atoms with Gasteiger partial charge >= 0.3 is 5.97 Å². The first-order valence-electron chi connectivity index (χ1n) is 5.46. The van der Waals surface area contributed by atoms with E-state index in [0.717, 1.165) is 0 Å². The molecule has 1 aromatic carbocycles. The van der Waals surface area contributed by atoms with Gasteiger partial charge in [-0.25, -0.2) is 8.78 Å². The summed E-state index contributed by atoms with van der Waals surface area (Å²) < 4.78 is 26.9. The van der Waals surface area contributed by atoms with Crippen LogP contribution in [0.3, 0.4) is 0 Å². The lowest BCUT2D eigenvalue weighted by Crippen LogP contribution is -2.22. The van der Waals surface area contributed by atoms with Crippen LogP contribution in [0.5, 0.6) is 0 Å². The Morgan fingerprint density at radius 3 is 2.37 bits per heavy atom. The van der Waals surface area contributed by atoms with Gasteiger partial charge in [-0.3, -0.25) is 14.9 Å². The zero-order chi connectivity index (χ0) is 14.6. The fourth-order valence-electron chi connectivity index (χ4n) is 1.47. The minimum atomic E-state index is -1.13. The second-order valence-corrected chi connectivity index (χ2v) is 3.87. The number of carboxylic acid groups (broad SMARTS) is 1. The Kier molecular flexibility index (Phi) is 4.74. The monoisotopic (exact) mass is 274 g/mol. The number of benzene rings is 1. The van der Waals surface area contributed by atoms with Crippen LogP contribution in [0.15, 0.2) is 12.1 Å². The van der Waals surface area contributed by atoms with E-state index in [9.17, 15) is 23.7 Å². The van der Waals surface area contributed by atoms with Gasteiger partial charge in [0.15, 0.2) is 11.6 Å². The van der Waals surface area contributed by atoms with Crippen LogP contribution in [0, 0.1) is 27.7 Å². The topological polar surface area (TPSA) is 92.5 Å². The SMILES string of the molecule is CCC(CNc1c(F)cc([N+](=O)[O-])cc1F)C(=O)O. The minimum absolute atomic E-state index is 0.169. The molecule has 1 aromatic rings. The van der Waals surface area contributed by atoms with E-state index in [-0.39, 0.29) is 6.54 Å². The molecule has 0 aromatic heterocycles. The molecule has 0 spiro atoms. The van der Waals surface area contributed by atoms with Gasteiger partial charge in [-0.2, -0.15) is 0 Å². The van der Waals surface area contributed by atoms with E-state index in [1.807, 2.05) is 0 Å². The smallest absolute Gasteiger partial charge is 0.308 e. The summed E-state index contributed by atoms with van der Waals surface area (Å²) in [6, 6.07) is 1.15. The highest BCUT2D eigenvalue weighted by atomic mass is 19.1. The van der Waals surface area contributed by atoms with E-state index in [1.54, 1.807) is 6.92 Å². The second-order valence-electron chi connectivity index (χ2n) is 3.87. The van der Waals surface area contributed by atoms with Crippen LogP contribution in [0.2, 0.25) is 0 Å². The molecule has 0 saturated carbocycles. The maximum Gasteiger partial charge on any atom is 0.308 e. The number of nitrogens with one attached hydrogen (secondary N) is 1. The zero-order valence-electron chi connectivity index (χ0n) is 10.0. The van der Waals surface area contributed by atoms with Gasteiger partial charge in [-0.15, -0.1) is 0 Å². The Labute approximate surface area is 107 Å². The molecule has 8 heteroatoms. The number of non-ortho nitro benzene ring substituents is 1. The number of carbonyl (C=O) groups is 1. The van der Waals surface area contributed by atoms with Gasteiger partial charge in [0.1, 0.15) is 5.69 Å². The third-order valence-electron chi connectivity index (χ3n) is 2.60. The number of nitrogens with zero attached hydrogens (tertiary/aromatic N) is 1. The van der Waals surface area contributed by atoms with E-state index < -0.39 is 39.8 Å². The Balaban J connectivity index is 2.90. The van der Waals surface area contributed by atoms with E-state index in [2.05, 4.69) is 5.32 Å². The molecule has 0 fully saturated rings. The predicted molar refractivity (Wildman–Crippen MR) is 62.9 cm³/mol. The number of nitro groups is 1. The molecule has 0 bridgehead atoms. The number of hydrogen-bond acceptors (Lipinski definition) is 4. The summed E-state index contributed by atoms with van der Waals surface area (Å²) in [6.45, 7) is 1.46. The van der Waals surface area contributed by atoms with Gasteiger partial charge < -0.3 is 10.4 Å². The van der Waals surface area contributed by atoms with Crippen molar-refractivity contribution in [3.8, 4) is 0 Å². The molecule has 0 heterocycles. The molecule has 0 radical (unpaired) electrons. The molecular formula is C11H12F2N2O4. The van der Waals surface area contributed by atoms with Crippen molar-refractivity contribution in [3.05, 3.63) is 33.9 Å². The first kappa shape index (κ1) is 14.8. The van der Waals surface area contributed by atoms with Gasteiger partial charge in [0, 0.05) is 6.54 Å². The fraction of sp³-hybridized carbons (Fsp3) is 0.364. The molecule has 1 unspecified atom stereocenters. The van der Waals surface area contributed by atoms with Crippen molar-refractivity contribution in [2.45, 2.75) is 13.3 Å². The fourth-order valence-corrected chi connectivity index (χ4v) is 1.47. The lowest BCUT2D eigenvalue weighted by Gasteiger charge is -2.13. The molecule has 2 N–H and O–H groups in total. The summed E-state index contributed by atoms with van der Waals surface area (Å²) in [6.07, 6.45) is 0.290. The first-order valence-corrected chi connectivity index (χ1v) is 5.46. The van der Waals surface area contributed by atoms with Crippen LogP contribution >= 0.6 is 0 Å². The second kappa shape index (κ2) is 6.07. The molecular weight excluding hydrogens is 262 g/mol. The molecule has 104 valence electrons. The molecule has 0 aliphatic heterocycles. The summed E-state index contributed by atoms with van der Waals surface area (Å²) >= 11 is 0. The van der Waals surface area contributed by atoms with Crippen molar-refractivity contribution in [3.63, 3.8) is 0 Å². The number of carboxylic acids is 1. The Morgan fingerprint density at radius 2 is 2.00 bits per heavy atom. The Bertz CT molecular complexity index is 484. The highest BCUT2D eigenvalue weighted by Gasteiger charge is 2.20. The third-order valence-corrected chi connectivity index (χ3v) is 2.60. The maximum atomic E-state index is 13.5. The average molecular weight is 274 g/mol. The van der Waals surface area contributed by atoms with Crippen molar-refractivity contribution < 1.29 is 23.6 Å². The highest BCUT2D eigenvalue weighted by molar-refractivity contribution is 5.70. The van der Waals surface area contributed by atoms with Crippen molar-refractivity contribution in [1.82, 2.24) is 0 Å². The largest absolute Gasteiger partial charge is 0.481 e. The number of halogens is 2. The van der Waals surface area contributed by atoms with Crippen LogP contribution in [0.4, 0.5) is 20.2 Å². The molecule has 0 aliphatic carbocycles. The first-order chi connectivity index (χ1) is 8.86. The number of rotatable bonds is 6. The van der Waals surface area contributed by atoms with Crippen LogP contribution in [-0.4, -0.2) is 22.5 Å². The van der Waals surface area contributed by atoms with Crippen molar-refractivity contribution in [1.29, 1.82) is 0 Å². The number of hydrogen-bond donors (Lipinski definition) is 2. The van der Waals surface area contributed by atoms with Crippen molar-refractivity contribution >= 4 is 17.3 Å². The van der Waals surface area contributed by atoms with E-state index in [4.69, 9.17) is 5.11 Å². The summed E-state index contributed by atoms with van der Waals surface area (Å²) in [5.41, 5.74) is -1.27. The highest BCUT2D eigenvalue weighted by Crippen LogP contribution is 2.25. The summed E-state index contributed by atoms with van der Waals surface area (Å²) in [5, 5.41) is 21.5. The van der Waals surface area contributed by atoms with Gasteiger partial charge in [-0.05, 0) is 6.42 Å². The van der Waals surface area contributed by atoms with Crippen molar-refractivity contribution in [2.24, 2.45) is 5.92 Å². The lowest BCUT2D eigenvalue weighted by atomic mass is 10.1. The molecule has 1 atom stereocenters. The lowest BCUT2D eigenvalue weighted by molar-refractivity contribution is -0.385. The molecule has 1 rings (SSSR count). The van der Waals surface area contributed by atoms with Crippen LogP contribution in [-0.2, 0) is 4.79 Å².